The van der Waals surface area contributed by atoms with Gasteiger partial charge in [-0.3, -0.25) is 9.80 Å². The van der Waals surface area contributed by atoms with E-state index in [1.165, 1.54) is 29.3 Å². The topological polar surface area (TPSA) is 32.3 Å². The van der Waals surface area contributed by atoms with Gasteiger partial charge in [-0.05, 0) is 31.2 Å². The van der Waals surface area contributed by atoms with E-state index in [0.29, 0.717) is 12.1 Å². The highest BCUT2D eigenvalue weighted by molar-refractivity contribution is 5.93. The van der Waals surface area contributed by atoms with Gasteiger partial charge in [0.15, 0.2) is 0 Å². The van der Waals surface area contributed by atoms with Gasteiger partial charge in [-0.25, -0.2) is 9.82 Å². The number of carbonyl (C=O) groups is 1. The van der Waals surface area contributed by atoms with Crippen LogP contribution in [0.25, 0.3) is 0 Å². The fraction of sp³-hybridized carbons (Fsp3) is 0.300. The lowest BCUT2D eigenvalue weighted by atomic mass is 10.2. The first-order chi connectivity index (χ1) is 6.69. The Morgan fingerprint density at radius 3 is 2.43 bits per heavy atom. The average Bonchev–Trinajstić information content (AvgIpc) is 2.20. The third-order valence-electron chi connectivity index (χ3n) is 1.92. The lowest BCUT2D eigenvalue weighted by Crippen LogP contribution is -2.40. The molecule has 0 aliphatic rings. The molecule has 0 fully saturated rings. The molecule has 1 amide bonds. The number of halogens is 1. The second kappa shape index (κ2) is 4.72. The number of nitrogens with zero attached hydrogens (tertiary/aromatic N) is 1. The Morgan fingerprint density at radius 1 is 1.43 bits per heavy atom. The van der Waals surface area contributed by atoms with Crippen LogP contribution in [0.3, 0.4) is 0 Å². The van der Waals surface area contributed by atoms with Crippen molar-refractivity contribution in [2.45, 2.75) is 6.92 Å². The van der Waals surface area contributed by atoms with Gasteiger partial charge in [0.1, 0.15) is 5.82 Å². The van der Waals surface area contributed by atoms with Crippen molar-refractivity contribution in [3.8, 4) is 0 Å². The molecule has 0 spiro atoms. The van der Waals surface area contributed by atoms with Crippen molar-refractivity contribution in [1.29, 1.82) is 0 Å². The maximum Gasteiger partial charge on any atom is 0.267 e. The van der Waals surface area contributed by atoms with Gasteiger partial charge in [-0.2, -0.15) is 0 Å². The van der Waals surface area contributed by atoms with Gasteiger partial charge in [0.2, 0.25) is 0 Å². The highest BCUT2D eigenvalue weighted by atomic mass is 19.1. The fourth-order valence-electron chi connectivity index (χ4n) is 1.15. The minimum atomic E-state index is -0.339. The van der Waals surface area contributed by atoms with Crippen molar-refractivity contribution in [3.05, 3.63) is 35.6 Å². The van der Waals surface area contributed by atoms with Gasteiger partial charge >= 0.3 is 0 Å². The van der Waals surface area contributed by atoms with Crippen LogP contribution in [0.2, 0.25) is 0 Å². The SMILES string of the molecule is CCN(NC)C(=O)c1ccc(F)cc1. The number of nitrogens with one attached hydrogen (secondary N) is 1. The minimum absolute atomic E-state index is 0.157. The van der Waals surface area contributed by atoms with Crippen molar-refractivity contribution in [1.82, 2.24) is 10.4 Å². The van der Waals surface area contributed by atoms with Gasteiger partial charge in [-0.15, -0.1) is 0 Å². The fourth-order valence-corrected chi connectivity index (χ4v) is 1.15. The number of hydrazine groups is 1. The minimum Gasteiger partial charge on any atom is -0.274 e. The van der Waals surface area contributed by atoms with Crippen molar-refractivity contribution in [2.75, 3.05) is 13.6 Å². The summed E-state index contributed by atoms with van der Waals surface area (Å²) in [5.74, 6) is -0.496. The summed E-state index contributed by atoms with van der Waals surface area (Å²) in [4.78, 5) is 11.7. The summed E-state index contributed by atoms with van der Waals surface area (Å²) in [5, 5.41) is 1.45. The molecule has 0 atom stereocenters. The van der Waals surface area contributed by atoms with Crippen molar-refractivity contribution < 1.29 is 9.18 Å². The Hall–Kier alpha value is -1.42. The normalized spacial score (nSPS) is 9.93. The molecule has 0 radical (unpaired) electrons. The quantitative estimate of drug-likeness (QED) is 0.741. The van der Waals surface area contributed by atoms with Crippen LogP contribution in [0.5, 0.6) is 0 Å². The van der Waals surface area contributed by atoms with Crippen LogP contribution < -0.4 is 5.43 Å². The van der Waals surface area contributed by atoms with Crippen LogP contribution in [0.15, 0.2) is 24.3 Å². The first-order valence-electron chi connectivity index (χ1n) is 4.44. The highest BCUT2D eigenvalue weighted by Crippen LogP contribution is 2.05. The molecule has 0 unspecified atom stereocenters. The van der Waals surface area contributed by atoms with Crippen molar-refractivity contribution >= 4 is 5.91 Å². The predicted molar refractivity (Wildman–Crippen MR) is 52.2 cm³/mol. The van der Waals surface area contributed by atoms with Gasteiger partial charge in [0, 0.05) is 19.2 Å². The molecule has 1 N–H and O–H groups in total. The molecule has 1 rings (SSSR count). The average molecular weight is 196 g/mol. The Balaban J connectivity index is 2.83. The van der Waals surface area contributed by atoms with Crippen LogP contribution in [-0.2, 0) is 0 Å². The van der Waals surface area contributed by atoms with Gasteiger partial charge < -0.3 is 0 Å². The zero-order valence-electron chi connectivity index (χ0n) is 8.25. The van der Waals surface area contributed by atoms with Gasteiger partial charge in [0.05, 0.1) is 0 Å². The molecule has 1 aromatic rings. The molecular formula is C10H13FN2O. The summed E-state index contributed by atoms with van der Waals surface area (Å²) in [5.41, 5.74) is 3.23. The molecule has 0 saturated carbocycles. The number of hydrogen-bond donors (Lipinski definition) is 1. The van der Waals surface area contributed by atoms with Gasteiger partial charge in [0.25, 0.3) is 5.91 Å². The Bertz CT molecular complexity index is 306. The summed E-state index contributed by atoms with van der Waals surface area (Å²) in [6, 6.07) is 5.49. The molecule has 4 heteroatoms. The summed E-state index contributed by atoms with van der Waals surface area (Å²) >= 11 is 0. The van der Waals surface area contributed by atoms with Crippen molar-refractivity contribution in [3.63, 3.8) is 0 Å². The van der Waals surface area contributed by atoms with E-state index in [-0.39, 0.29) is 11.7 Å². The number of hydrogen-bond acceptors (Lipinski definition) is 2. The predicted octanol–water partition coefficient (Wildman–Crippen LogP) is 1.42. The standard InChI is InChI=1S/C10H13FN2O/c1-3-13(12-2)10(14)8-4-6-9(11)7-5-8/h4-7,12H,3H2,1-2H3. The first-order valence-corrected chi connectivity index (χ1v) is 4.44. The van der Waals surface area contributed by atoms with E-state index in [1.54, 1.807) is 7.05 Å². The Morgan fingerprint density at radius 2 is 2.00 bits per heavy atom. The molecule has 3 nitrogen and oxygen atoms in total. The Kier molecular flexibility index (Phi) is 3.59. The summed E-state index contributed by atoms with van der Waals surface area (Å²) in [6.45, 7) is 2.42. The molecule has 0 heterocycles. The third-order valence-corrected chi connectivity index (χ3v) is 1.92. The largest absolute Gasteiger partial charge is 0.274 e. The zero-order valence-corrected chi connectivity index (χ0v) is 8.25. The molecule has 0 aliphatic heterocycles. The second-order valence-corrected chi connectivity index (χ2v) is 2.78. The first kappa shape index (κ1) is 10.7. The smallest absolute Gasteiger partial charge is 0.267 e. The highest BCUT2D eigenvalue weighted by Gasteiger charge is 2.11. The number of benzene rings is 1. The maximum atomic E-state index is 12.6. The zero-order chi connectivity index (χ0) is 10.6. The molecule has 0 bridgehead atoms. The molecule has 76 valence electrons. The van der Waals surface area contributed by atoms with Crippen LogP contribution in [0.4, 0.5) is 4.39 Å². The molecular weight excluding hydrogens is 183 g/mol. The number of rotatable bonds is 3. The number of amides is 1. The molecule has 1 aromatic carbocycles. The van der Waals surface area contributed by atoms with Crippen LogP contribution in [0.1, 0.15) is 17.3 Å². The van der Waals surface area contributed by atoms with E-state index < -0.39 is 0 Å². The van der Waals surface area contributed by atoms with E-state index in [2.05, 4.69) is 5.43 Å². The molecule has 0 saturated heterocycles. The van der Waals surface area contributed by atoms with Gasteiger partial charge in [-0.1, -0.05) is 0 Å². The molecule has 14 heavy (non-hydrogen) atoms. The Labute approximate surface area is 82.5 Å². The van der Waals surface area contributed by atoms with E-state index in [9.17, 15) is 9.18 Å². The van der Waals surface area contributed by atoms with E-state index in [1.807, 2.05) is 6.92 Å². The summed E-state index contributed by atoms with van der Waals surface area (Å²) < 4.78 is 12.6. The van der Waals surface area contributed by atoms with E-state index >= 15 is 0 Å². The third kappa shape index (κ3) is 2.29. The summed E-state index contributed by atoms with van der Waals surface area (Å²) in [6.07, 6.45) is 0. The molecule has 0 aromatic heterocycles. The maximum absolute atomic E-state index is 12.6. The monoisotopic (exact) mass is 196 g/mol. The van der Waals surface area contributed by atoms with Crippen LogP contribution in [0, 0.1) is 5.82 Å². The lowest BCUT2D eigenvalue weighted by Gasteiger charge is -2.18. The van der Waals surface area contributed by atoms with E-state index in [0.717, 1.165) is 0 Å². The van der Waals surface area contributed by atoms with Crippen LogP contribution >= 0.6 is 0 Å². The number of carbonyl (C=O) groups excluding carboxylic acids is 1. The molecule has 0 aliphatic carbocycles. The summed E-state index contributed by atoms with van der Waals surface area (Å²) in [7, 11) is 1.67. The second-order valence-electron chi connectivity index (χ2n) is 2.78. The van der Waals surface area contributed by atoms with E-state index in [4.69, 9.17) is 0 Å². The lowest BCUT2D eigenvalue weighted by molar-refractivity contribution is 0.0693. The van der Waals surface area contributed by atoms with Crippen molar-refractivity contribution in [2.24, 2.45) is 0 Å². The van der Waals surface area contributed by atoms with Crippen LogP contribution in [-0.4, -0.2) is 24.5 Å².